The van der Waals surface area contributed by atoms with Crippen molar-refractivity contribution in [3.63, 3.8) is 0 Å². The van der Waals surface area contributed by atoms with Crippen molar-refractivity contribution in [2.24, 2.45) is 0 Å². The molecule has 0 radical (unpaired) electrons. The van der Waals surface area contributed by atoms with E-state index in [2.05, 4.69) is 6.92 Å². The second-order valence-corrected chi connectivity index (χ2v) is 5.43. The van der Waals surface area contributed by atoms with Crippen LogP contribution in [0.3, 0.4) is 0 Å². The van der Waals surface area contributed by atoms with Gasteiger partial charge in [-0.3, -0.25) is 0 Å². The van der Waals surface area contributed by atoms with Crippen molar-refractivity contribution in [2.45, 2.75) is 83.5 Å². The van der Waals surface area contributed by atoms with E-state index in [1.165, 1.54) is 44.9 Å². The number of rotatable bonds is 9. The Labute approximate surface area is 112 Å². The van der Waals surface area contributed by atoms with Crippen LogP contribution in [0.5, 0.6) is 0 Å². The van der Waals surface area contributed by atoms with Gasteiger partial charge in [-0.15, -0.1) is 0 Å². The SMILES string of the molecule is CCCCCCCCCC1OCC(CO)OC1C. The first-order valence-corrected chi connectivity index (χ1v) is 7.65. The predicted octanol–water partition coefficient (Wildman–Crippen LogP) is 3.29. The van der Waals surface area contributed by atoms with Crippen LogP contribution in [-0.2, 0) is 9.47 Å². The Hall–Kier alpha value is -0.120. The Kier molecular flexibility index (Phi) is 8.64. The first-order valence-electron chi connectivity index (χ1n) is 7.65. The lowest BCUT2D eigenvalue weighted by atomic mass is 10.0. The second-order valence-electron chi connectivity index (χ2n) is 5.43. The molecule has 1 rings (SSSR count). The second kappa shape index (κ2) is 9.76. The first kappa shape index (κ1) is 15.9. The number of aliphatic hydroxyl groups is 1. The molecule has 1 aliphatic heterocycles. The van der Waals surface area contributed by atoms with Crippen molar-refractivity contribution in [1.82, 2.24) is 0 Å². The largest absolute Gasteiger partial charge is 0.394 e. The maximum Gasteiger partial charge on any atom is 0.104 e. The van der Waals surface area contributed by atoms with Crippen LogP contribution in [0.2, 0.25) is 0 Å². The third-order valence-electron chi connectivity index (χ3n) is 3.72. The van der Waals surface area contributed by atoms with Gasteiger partial charge in [0.05, 0.1) is 25.4 Å². The molecule has 1 heterocycles. The van der Waals surface area contributed by atoms with Crippen LogP contribution < -0.4 is 0 Å². The molecule has 1 fully saturated rings. The topological polar surface area (TPSA) is 38.7 Å². The Balaban J connectivity index is 1.99. The maximum atomic E-state index is 9.01. The van der Waals surface area contributed by atoms with Gasteiger partial charge in [0.1, 0.15) is 6.10 Å². The standard InChI is InChI=1S/C15H30O3/c1-3-4-5-6-7-8-9-10-15-13(2)18-14(11-16)12-17-15/h13-16H,3-12H2,1-2H3. The molecule has 3 nitrogen and oxygen atoms in total. The molecule has 1 N–H and O–H groups in total. The third kappa shape index (κ3) is 6.17. The Bertz CT molecular complexity index is 196. The molecule has 3 unspecified atom stereocenters. The highest BCUT2D eigenvalue weighted by Gasteiger charge is 2.27. The van der Waals surface area contributed by atoms with Gasteiger partial charge in [-0.05, 0) is 13.3 Å². The van der Waals surface area contributed by atoms with Crippen LogP contribution in [0.15, 0.2) is 0 Å². The quantitative estimate of drug-likeness (QED) is 0.645. The third-order valence-corrected chi connectivity index (χ3v) is 3.72. The molecule has 108 valence electrons. The van der Waals surface area contributed by atoms with Crippen molar-refractivity contribution in [3.05, 3.63) is 0 Å². The van der Waals surface area contributed by atoms with Crippen molar-refractivity contribution >= 4 is 0 Å². The zero-order chi connectivity index (χ0) is 13.2. The minimum atomic E-state index is -0.120. The summed E-state index contributed by atoms with van der Waals surface area (Å²) >= 11 is 0. The molecule has 0 saturated carbocycles. The summed E-state index contributed by atoms with van der Waals surface area (Å²) < 4.78 is 11.4. The average Bonchev–Trinajstić information content (AvgIpc) is 2.39. The van der Waals surface area contributed by atoms with E-state index in [1.807, 2.05) is 6.92 Å². The summed E-state index contributed by atoms with van der Waals surface area (Å²) in [7, 11) is 0. The summed E-state index contributed by atoms with van der Waals surface area (Å²) in [5.74, 6) is 0. The van der Waals surface area contributed by atoms with Gasteiger partial charge in [-0.25, -0.2) is 0 Å². The van der Waals surface area contributed by atoms with Crippen LogP contribution in [0.25, 0.3) is 0 Å². The monoisotopic (exact) mass is 258 g/mol. The molecular formula is C15H30O3. The summed E-state index contributed by atoms with van der Waals surface area (Å²) in [5, 5.41) is 9.01. The molecule has 0 aromatic rings. The molecule has 18 heavy (non-hydrogen) atoms. The lowest BCUT2D eigenvalue weighted by molar-refractivity contribution is -0.185. The highest BCUT2D eigenvalue weighted by Crippen LogP contribution is 2.20. The van der Waals surface area contributed by atoms with Gasteiger partial charge in [-0.1, -0.05) is 51.9 Å². The van der Waals surface area contributed by atoms with Crippen molar-refractivity contribution in [3.8, 4) is 0 Å². The van der Waals surface area contributed by atoms with E-state index in [-0.39, 0.29) is 24.9 Å². The molecular weight excluding hydrogens is 228 g/mol. The minimum absolute atomic E-state index is 0.0640. The average molecular weight is 258 g/mol. The van der Waals surface area contributed by atoms with E-state index in [0.29, 0.717) is 6.61 Å². The summed E-state index contributed by atoms with van der Waals surface area (Å²) in [4.78, 5) is 0. The van der Waals surface area contributed by atoms with E-state index >= 15 is 0 Å². The van der Waals surface area contributed by atoms with E-state index in [4.69, 9.17) is 14.6 Å². The van der Waals surface area contributed by atoms with Crippen LogP contribution in [0.1, 0.15) is 65.2 Å². The van der Waals surface area contributed by atoms with Gasteiger partial charge in [0.15, 0.2) is 0 Å². The van der Waals surface area contributed by atoms with Crippen molar-refractivity contribution in [2.75, 3.05) is 13.2 Å². The van der Waals surface area contributed by atoms with E-state index in [1.54, 1.807) is 0 Å². The predicted molar refractivity (Wildman–Crippen MR) is 73.8 cm³/mol. The number of hydrogen-bond donors (Lipinski definition) is 1. The Morgan fingerprint density at radius 3 is 2.33 bits per heavy atom. The number of unbranched alkanes of at least 4 members (excludes halogenated alkanes) is 6. The molecule has 1 aliphatic rings. The molecule has 3 heteroatoms. The van der Waals surface area contributed by atoms with Crippen LogP contribution in [0.4, 0.5) is 0 Å². The smallest absolute Gasteiger partial charge is 0.104 e. The van der Waals surface area contributed by atoms with Gasteiger partial charge in [-0.2, -0.15) is 0 Å². The van der Waals surface area contributed by atoms with Gasteiger partial charge >= 0.3 is 0 Å². The maximum absolute atomic E-state index is 9.01. The lowest BCUT2D eigenvalue weighted by Gasteiger charge is -2.34. The van der Waals surface area contributed by atoms with E-state index in [9.17, 15) is 0 Å². The molecule has 0 amide bonds. The van der Waals surface area contributed by atoms with Gasteiger partial charge in [0, 0.05) is 0 Å². The molecule has 0 aliphatic carbocycles. The van der Waals surface area contributed by atoms with Gasteiger partial charge < -0.3 is 14.6 Å². The zero-order valence-electron chi connectivity index (χ0n) is 12.1. The van der Waals surface area contributed by atoms with E-state index in [0.717, 1.165) is 6.42 Å². The fourth-order valence-electron chi connectivity index (χ4n) is 2.51. The molecule has 1 saturated heterocycles. The Morgan fingerprint density at radius 2 is 1.72 bits per heavy atom. The molecule has 3 atom stereocenters. The van der Waals surface area contributed by atoms with E-state index < -0.39 is 0 Å². The highest BCUT2D eigenvalue weighted by atomic mass is 16.6. The summed E-state index contributed by atoms with van der Waals surface area (Å²) in [6, 6.07) is 0. The fourth-order valence-corrected chi connectivity index (χ4v) is 2.51. The fraction of sp³-hybridized carbons (Fsp3) is 1.00. The minimum Gasteiger partial charge on any atom is -0.394 e. The van der Waals surface area contributed by atoms with Gasteiger partial charge in [0.25, 0.3) is 0 Å². The zero-order valence-corrected chi connectivity index (χ0v) is 12.1. The molecule has 0 bridgehead atoms. The van der Waals surface area contributed by atoms with Crippen LogP contribution in [-0.4, -0.2) is 36.6 Å². The van der Waals surface area contributed by atoms with Crippen molar-refractivity contribution < 1.29 is 14.6 Å². The molecule has 0 aromatic heterocycles. The lowest BCUT2D eigenvalue weighted by Crippen LogP contribution is -2.43. The highest BCUT2D eigenvalue weighted by molar-refractivity contribution is 4.74. The number of ether oxygens (including phenoxy) is 2. The van der Waals surface area contributed by atoms with Crippen LogP contribution >= 0.6 is 0 Å². The summed E-state index contributed by atoms with van der Waals surface area (Å²) in [6.07, 6.45) is 10.6. The van der Waals surface area contributed by atoms with Crippen molar-refractivity contribution in [1.29, 1.82) is 0 Å². The first-order chi connectivity index (χ1) is 8.77. The summed E-state index contributed by atoms with van der Waals surface area (Å²) in [6.45, 7) is 4.91. The van der Waals surface area contributed by atoms with Gasteiger partial charge in [0.2, 0.25) is 0 Å². The normalized spacial score (nSPS) is 28.5. The Morgan fingerprint density at radius 1 is 1.06 bits per heavy atom. The number of aliphatic hydroxyl groups excluding tert-OH is 1. The van der Waals surface area contributed by atoms with Crippen LogP contribution in [0, 0.1) is 0 Å². The summed E-state index contributed by atoms with van der Waals surface area (Å²) in [5.41, 5.74) is 0. The molecule has 0 aromatic carbocycles. The number of hydrogen-bond acceptors (Lipinski definition) is 3. The molecule has 0 spiro atoms.